The van der Waals surface area contributed by atoms with Gasteiger partial charge in [-0.2, -0.15) is 0 Å². The topological polar surface area (TPSA) is 60.5 Å². The van der Waals surface area contributed by atoms with E-state index in [9.17, 15) is 4.79 Å². The Morgan fingerprint density at radius 1 is 1.10 bits per heavy atom. The zero-order valence-corrected chi connectivity index (χ0v) is 17.6. The van der Waals surface area contributed by atoms with Crippen LogP contribution in [0.15, 0.2) is 54.7 Å². The number of hydrogen-bond acceptors (Lipinski definition) is 5. The van der Waals surface area contributed by atoms with Crippen LogP contribution in [-0.2, 0) is 17.6 Å². The molecule has 0 unspecified atom stereocenters. The number of thiazole rings is 1. The van der Waals surface area contributed by atoms with E-state index in [-0.39, 0.29) is 12.5 Å². The van der Waals surface area contributed by atoms with E-state index in [1.165, 1.54) is 35.3 Å². The molecule has 3 rings (SSSR count). The monoisotopic (exact) mass is 410 g/mol. The maximum atomic E-state index is 12.1. The van der Waals surface area contributed by atoms with Crippen LogP contribution < -0.4 is 14.8 Å². The highest BCUT2D eigenvalue weighted by molar-refractivity contribution is 7.15. The summed E-state index contributed by atoms with van der Waals surface area (Å²) >= 11 is 1.48. The molecule has 1 aromatic heterocycles. The Bertz CT molecular complexity index is 922. The molecule has 0 aliphatic heterocycles. The number of unbranched alkanes of at least 4 members (excludes halogenated alkanes) is 1. The molecule has 152 valence electrons. The summed E-state index contributed by atoms with van der Waals surface area (Å²) in [6.45, 7) is 2.13. The predicted molar refractivity (Wildman–Crippen MR) is 117 cm³/mol. The van der Waals surface area contributed by atoms with E-state index >= 15 is 0 Å². The van der Waals surface area contributed by atoms with Crippen molar-refractivity contribution in [1.82, 2.24) is 4.98 Å². The van der Waals surface area contributed by atoms with E-state index in [1.807, 2.05) is 18.3 Å². The molecule has 5 nitrogen and oxygen atoms in total. The largest absolute Gasteiger partial charge is 0.497 e. The number of nitrogens with one attached hydrogen (secondary N) is 1. The summed E-state index contributed by atoms with van der Waals surface area (Å²) in [6, 6.07) is 15.9. The highest BCUT2D eigenvalue weighted by Gasteiger charge is 2.09. The van der Waals surface area contributed by atoms with Gasteiger partial charge >= 0.3 is 0 Å². The van der Waals surface area contributed by atoms with E-state index in [1.54, 1.807) is 19.2 Å². The molecule has 0 saturated carbocycles. The molecule has 1 amide bonds. The van der Waals surface area contributed by atoms with Crippen LogP contribution in [0, 0.1) is 0 Å². The van der Waals surface area contributed by atoms with Crippen molar-refractivity contribution in [3.05, 3.63) is 70.7 Å². The van der Waals surface area contributed by atoms with Gasteiger partial charge in [0, 0.05) is 23.6 Å². The molecule has 0 radical (unpaired) electrons. The third kappa shape index (κ3) is 6.61. The Morgan fingerprint density at radius 3 is 2.62 bits per heavy atom. The van der Waals surface area contributed by atoms with Gasteiger partial charge in [0.15, 0.2) is 11.7 Å². The summed E-state index contributed by atoms with van der Waals surface area (Å²) in [7, 11) is 1.59. The molecule has 29 heavy (non-hydrogen) atoms. The number of amides is 1. The predicted octanol–water partition coefficient (Wildman–Crippen LogP) is 5.10. The summed E-state index contributed by atoms with van der Waals surface area (Å²) in [5, 5.41) is 3.37. The lowest BCUT2D eigenvalue weighted by Gasteiger charge is -2.07. The number of benzene rings is 2. The molecule has 1 N–H and O–H groups in total. The van der Waals surface area contributed by atoms with Crippen molar-refractivity contribution < 1.29 is 14.3 Å². The van der Waals surface area contributed by atoms with Gasteiger partial charge in [-0.1, -0.05) is 43.7 Å². The van der Waals surface area contributed by atoms with Crippen molar-refractivity contribution in [3.8, 4) is 11.5 Å². The fourth-order valence-electron chi connectivity index (χ4n) is 2.85. The number of methoxy groups -OCH3 is 1. The van der Waals surface area contributed by atoms with Crippen LogP contribution in [0.25, 0.3) is 0 Å². The molecule has 0 spiro atoms. The average molecular weight is 411 g/mol. The highest BCUT2D eigenvalue weighted by atomic mass is 32.1. The third-order valence-corrected chi connectivity index (χ3v) is 5.34. The second kappa shape index (κ2) is 10.6. The number of aromatic nitrogens is 1. The van der Waals surface area contributed by atoms with Crippen LogP contribution in [-0.4, -0.2) is 24.6 Å². The SMILES string of the molecule is CCCCc1ccc(Cc2cnc(NC(=O)COc3cccc(OC)c3)s2)cc1. The lowest BCUT2D eigenvalue weighted by atomic mass is 10.0. The Hall–Kier alpha value is -2.86. The maximum Gasteiger partial charge on any atom is 0.264 e. The van der Waals surface area contributed by atoms with Gasteiger partial charge in [0.25, 0.3) is 5.91 Å². The minimum atomic E-state index is -0.242. The fourth-order valence-corrected chi connectivity index (χ4v) is 3.71. The lowest BCUT2D eigenvalue weighted by Crippen LogP contribution is -2.19. The van der Waals surface area contributed by atoms with Gasteiger partial charge in [0.05, 0.1) is 7.11 Å². The number of ether oxygens (including phenoxy) is 2. The normalized spacial score (nSPS) is 10.6. The second-order valence-corrected chi connectivity index (χ2v) is 7.86. The summed E-state index contributed by atoms with van der Waals surface area (Å²) in [6.07, 6.45) is 6.18. The maximum absolute atomic E-state index is 12.1. The quantitative estimate of drug-likeness (QED) is 0.505. The molecular formula is C23H26N2O3S. The summed E-state index contributed by atoms with van der Waals surface area (Å²) in [4.78, 5) is 17.5. The number of carbonyl (C=O) groups is 1. The molecule has 0 atom stereocenters. The molecule has 0 bridgehead atoms. The van der Waals surface area contributed by atoms with Crippen molar-refractivity contribution in [3.63, 3.8) is 0 Å². The number of nitrogens with zero attached hydrogens (tertiary/aromatic N) is 1. The molecule has 2 aromatic carbocycles. The fraction of sp³-hybridized carbons (Fsp3) is 0.304. The Labute approximate surface area is 175 Å². The van der Waals surface area contributed by atoms with Crippen LogP contribution in [0.1, 0.15) is 35.8 Å². The molecule has 1 heterocycles. The molecule has 6 heteroatoms. The summed E-state index contributed by atoms with van der Waals surface area (Å²) in [5.41, 5.74) is 2.62. The van der Waals surface area contributed by atoms with Crippen molar-refractivity contribution >= 4 is 22.4 Å². The van der Waals surface area contributed by atoms with Crippen molar-refractivity contribution in [2.24, 2.45) is 0 Å². The molecular weight excluding hydrogens is 384 g/mol. The van der Waals surface area contributed by atoms with Gasteiger partial charge in [0.2, 0.25) is 0 Å². The van der Waals surface area contributed by atoms with E-state index in [4.69, 9.17) is 9.47 Å². The zero-order chi connectivity index (χ0) is 20.5. The second-order valence-electron chi connectivity index (χ2n) is 6.74. The van der Waals surface area contributed by atoms with E-state index in [0.717, 1.165) is 17.7 Å². The smallest absolute Gasteiger partial charge is 0.264 e. The molecule has 3 aromatic rings. The van der Waals surface area contributed by atoms with Crippen LogP contribution >= 0.6 is 11.3 Å². The van der Waals surface area contributed by atoms with Gasteiger partial charge in [-0.3, -0.25) is 10.1 Å². The van der Waals surface area contributed by atoms with Crippen molar-refractivity contribution in [1.29, 1.82) is 0 Å². The first-order chi connectivity index (χ1) is 14.2. The number of hydrogen-bond donors (Lipinski definition) is 1. The van der Waals surface area contributed by atoms with Gasteiger partial charge in [-0.15, -0.1) is 11.3 Å². The van der Waals surface area contributed by atoms with Crippen LogP contribution in [0.2, 0.25) is 0 Å². The minimum Gasteiger partial charge on any atom is -0.497 e. The lowest BCUT2D eigenvalue weighted by molar-refractivity contribution is -0.118. The van der Waals surface area contributed by atoms with E-state index in [0.29, 0.717) is 16.6 Å². The first-order valence-corrected chi connectivity index (χ1v) is 10.6. The average Bonchev–Trinajstić information content (AvgIpc) is 3.18. The summed E-state index contributed by atoms with van der Waals surface area (Å²) < 4.78 is 10.7. The van der Waals surface area contributed by atoms with Crippen LogP contribution in [0.3, 0.4) is 0 Å². The highest BCUT2D eigenvalue weighted by Crippen LogP contribution is 2.22. The minimum absolute atomic E-state index is 0.0820. The number of aryl methyl sites for hydroxylation is 1. The first-order valence-electron chi connectivity index (χ1n) is 9.75. The van der Waals surface area contributed by atoms with Crippen LogP contribution in [0.5, 0.6) is 11.5 Å². The summed E-state index contributed by atoms with van der Waals surface area (Å²) in [5.74, 6) is 1.03. The molecule has 0 saturated heterocycles. The number of rotatable bonds is 10. The van der Waals surface area contributed by atoms with E-state index < -0.39 is 0 Å². The molecule has 0 fully saturated rings. The van der Waals surface area contributed by atoms with Gasteiger partial charge in [-0.25, -0.2) is 4.98 Å². The van der Waals surface area contributed by atoms with E-state index in [2.05, 4.69) is 41.5 Å². The van der Waals surface area contributed by atoms with Gasteiger partial charge in [0.1, 0.15) is 11.5 Å². The molecule has 0 aliphatic carbocycles. The first kappa shape index (κ1) is 20.9. The Balaban J connectivity index is 1.48. The van der Waals surface area contributed by atoms with Crippen LogP contribution in [0.4, 0.5) is 5.13 Å². The number of anilines is 1. The Kier molecular flexibility index (Phi) is 7.64. The van der Waals surface area contributed by atoms with Gasteiger partial charge < -0.3 is 9.47 Å². The molecule has 0 aliphatic rings. The van der Waals surface area contributed by atoms with Gasteiger partial charge in [-0.05, 0) is 36.1 Å². The third-order valence-electron chi connectivity index (χ3n) is 4.43. The standard InChI is InChI=1S/C23H26N2O3S/c1-3-4-6-17-9-11-18(12-10-17)13-21-15-24-23(29-21)25-22(26)16-28-20-8-5-7-19(14-20)27-2/h5,7-12,14-15H,3-4,6,13,16H2,1-2H3,(H,24,25,26). The van der Waals surface area contributed by atoms with Crippen molar-refractivity contribution in [2.45, 2.75) is 32.6 Å². The Morgan fingerprint density at radius 2 is 1.86 bits per heavy atom. The van der Waals surface area contributed by atoms with Crippen molar-refractivity contribution in [2.75, 3.05) is 19.0 Å². The zero-order valence-electron chi connectivity index (χ0n) is 16.8. The number of carbonyl (C=O) groups excluding carboxylic acids is 1.